The Labute approximate surface area is 149 Å². The molecule has 2 N–H and O–H groups in total. The highest BCUT2D eigenvalue weighted by atomic mass is 32.1. The van der Waals surface area contributed by atoms with E-state index in [1.807, 2.05) is 6.92 Å². The van der Waals surface area contributed by atoms with Crippen molar-refractivity contribution in [2.45, 2.75) is 38.6 Å². The zero-order valence-electron chi connectivity index (χ0n) is 13.6. The minimum atomic E-state index is -1.10. The molecule has 10 heteroatoms. The number of benzene rings is 1. The molecule has 0 saturated heterocycles. The summed E-state index contributed by atoms with van der Waals surface area (Å²) in [7, 11) is 0. The third kappa shape index (κ3) is 7.40. The monoisotopic (exact) mass is 372 g/mol. The molecular weight excluding hydrogens is 352 g/mol. The third-order valence-electron chi connectivity index (χ3n) is 3.16. The van der Waals surface area contributed by atoms with E-state index in [1.54, 1.807) is 0 Å². The van der Waals surface area contributed by atoms with Crippen LogP contribution in [0, 0.1) is 10.1 Å². The lowest BCUT2D eigenvalue weighted by Crippen LogP contribution is -2.46. The van der Waals surface area contributed by atoms with Gasteiger partial charge in [0.1, 0.15) is 12.6 Å². The Balaban J connectivity index is 2.53. The molecule has 0 aliphatic carbocycles. The number of hydrogen-bond acceptors (Lipinski definition) is 8. The molecule has 138 valence electrons. The number of ether oxygens (including phenoxy) is 2. The fourth-order valence-corrected chi connectivity index (χ4v) is 2.13. The van der Waals surface area contributed by atoms with Crippen LogP contribution in [0.1, 0.15) is 25.3 Å². The molecular formula is C15H20N2O7S. The van der Waals surface area contributed by atoms with Crippen molar-refractivity contribution in [2.24, 2.45) is 0 Å². The Morgan fingerprint density at radius 3 is 2.48 bits per heavy atom. The number of non-ortho nitro benzene ring substituents is 1. The van der Waals surface area contributed by atoms with Crippen molar-refractivity contribution in [1.82, 2.24) is 5.32 Å². The molecule has 25 heavy (non-hydrogen) atoms. The number of nitrogens with zero attached hydrogens (tertiary/aromatic N) is 1. The molecule has 1 aromatic carbocycles. The molecule has 1 unspecified atom stereocenters. The maximum Gasteiger partial charge on any atom is 0.510 e. The molecule has 0 saturated carbocycles. The minimum Gasteiger partial charge on any atom is -0.480 e. The number of carboxylic acids is 1. The van der Waals surface area contributed by atoms with Gasteiger partial charge >= 0.3 is 12.1 Å². The maximum absolute atomic E-state index is 11.8. The largest absolute Gasteiger partial charge is 0.510 e. The van der Waals surface area contributed by atoms with Crippen LogP contribution in [-0.4, -0.2) is 40.2 Å². The first-order chi connectivity index (χ1) is 11.9. The minimum absolute atomic E-state index is 0.0384. The second-order valence-corrected chi connectivity index (χ2v) is 5.46. The van der Waals surface area contributed by atoms with Crippen molar-refractivity contribution in [3.05, 3.63) is 39.9 Å². The number of aliphatic carboxylic acids is 1. The summed E-state index contributed by atoms with van der Waals surface area (Å²) in [6, 6.07) is 4.58. The Bertz CT molecular complexity index is 594. The standard InChI is InChI=1S/C15H20N2O7S/c1-2-3-13(16-12(9-25)14(18)19)24-15(20)23-8-10-4-6-11(7-5-10)17(21)22/h4-7,12-13,16,25H,2-3,8-9H2,1H3,(H,18,19)/t12?,13-/m0/s1. The SMILES string of the molecule is CCC[C@@H](NC(CS)C(=O)O)OC(=O)OCc1ccc([N+](=O)[O-])cc1. The summed E-state index contributed by atoms with van der Waals surface area (Å²) in [5.74, 6) is -1.06. The Hall–Kier alpha value is -2.33. The molecule has 0 heterocycles. The second kappa shape index (κ2) is 10.5. The van der Waals surface area contributed by atoms with E-state index in [0.29, 0.717) is 18.4 Å². The van der Waals surface area contributed by atoms with Crippen LogP contribution < -0.4 is 5.32 Å². The van der Waals surface area contributed by atoms with Gasteiger partial charge in [0.15, 0.2) is 6.23 Å². The van der Waals surface area contributed by atoms with Gasteiger partial charge in [-0.1, -0.05) is 13.3 Å². The van der Waals surface area contributed by atoms with Gasteiger partial charge in [-0.25, -0.2) is 4.79 Å². The number of carbonyl (C=O) groups is 2. The summed E-state index contributed by atoms with van der Waals surface area (Å²) in [5.41, 5.74) is 0.492. The Morgan fingerprint density at radius 2 is 2.00 bits per heavy atom. The van der Waals surface area contributed by atoms with Gasteiger partial charge in [-0.05, 0) is 24.1 Å². The molecule has 0 bridgehead atoms. The molecule has 9 nitrogen and oxygen atoms in total. The maximum atomic E-state index is 11.8. The van der Waals surface area contributed by atoms with Crippen LogP contribution in [0.2, 0.25) is 0 Å². The first-order valence-corrected chi connectivity index (χ1v) is 8.17. The van der Waals surface area contributed by atoms with Gasteiger partial charge in [-0.15, -0.1) is 0 Å². The lowest BCUT2D eigenvalue weighted by Gasteiger charge is -2.21. The van der Waals surface area contributed by atoms with E-state index in [2.05, 4.69) is 17.9 Å². The molecule has 0 amide bonds. The van der Waals surface area contributed by atoms with Crippen LogP contribution in [0.3, 0.4) is 0 Å². The first-order valence-electron chi connectivity index (χ1n) is 7.53. The van der Waals surface area contributed by atoms with Crippen molar-refractivity contribution in [3.63, 3.8) is 0 Å². The number of carboxylic acid groups (broad SMARTS) is 1. The Morgan fingerprint density at radius 1 is 1.36 bits per heavy atom. The molecule has 1 rings (SSSR count). The molecule has 1 aromatic rings. The molecule has 0 spiro atoms. The van der Waals surface area contributed by atoms with Crippen molar-refractivity contribution in [2.75, 3.05) is 5.75 Å². The van der Waals surface area contributed by atoms with E-state index in [4.69, 9.17) is 14.6 Å². The molecule has 0 aromatic heterocycles. The predicted molar refractivity (Wildman–Crippen MR) is 91.5 cm³/mol. The van der Waals surface area contributed by atoms with Crippen LogP contribution in [-0.2, 0) is 20.9 Å². The normalized spacial score (nSPS) is 12.9. The highest BCUT2D eigenvalue weighted by Crippen LogP contribution is 2.13. The summed E-state index contributed by atoms with van der Waals surface area (Å²) in [5, 5.41) is 22.3. The number of thiol groups is 1. The molecule has 2 atom stereocenters. The van der Waals surface area contributed by atoms with E-state index < -0.39 is 29.3 Å². The molecule has 0 radical (unpaired) electrons. The van der Waals surface area contributed by atoms with Gasteiger partial charge in [0.25, 0.3) is 5.69 Å². The summed E-state index contributed by atoms with van der Waals surface area (Å²) < 4.78 is 10.0. The van der Waals surface area contributed by atoms with E-state index in [1.165, 1.54) is 24.3 Å². The first kappa shape index (κ1) is 20.7. The number of nitro groups is 1. The number of nitro benzene ring substituents is 1. The quantitative estimate of drug-likeness (QED) is 0.188. The molecule has 0 aliphatic heterocycles. The number of carbonyl (C=O) groups excluding carboxylic acids is 1. The predicted octanol–water partition coefficient (Wildman–Crippen LogP) is 2.35. The average Bonchev–Trinajstić information content (AvgIpc) is 2.57. The summed E-state index contributed by atoms with van der Waals surface area (Å²) in [6.07, 6.45) is -0.716. The average molecular weight is 372 g/mol. The highest BCUT2D eigenvalue weighted by molar-refractivity contribution is 7.80. The third-order valence-corrected chi connectivity index (χ3v) is 3.53. The second-order valence-electron chi connectivity index (χ2n) is 5.10. The smallest absolute Gasteiger partial charge is 0.480 e. The Kier molecular flexibility index (Phi) is 8.71. The number of rotatable bonds is 10. The van der Waals surface area contributed by atoms with Gasteiger partial charge in [-0.3, -0.25) is 20.2 Å². The zero-order chi connectivity index (χ0) is 18.8. The van der Waals surface area contributed by atoms with Crippen molar-refractivity contribution >= 4 is 30.4 Å². The number of nitrogens with one attached hydrogen (secondary N) is 1. The lowest BCUT2D eigenvalue weighted by molar-refractivity contribution is -0.384. The number of hydrogen-bond donors (Lipinski definition) is 3. The van der Waals surface area contributed by atoms with E-state index in [-0.39, 0.29) is 18.0 Å². The molecule has 0 fully saturated rings. The van der Waals surface area contributed by atoms with Gasteiger partial charge in [0.05, 0.1) is 4.92 Å². The van der Waals surface area contributed by atoms with Gasteiger partial charge in [0, 0.05) is 17.9 Å². The van der Waals surface area contributed by atoms with Crippen LogP contribution in [0.15, 0.2) is 24.3 Å². The summed E-state index contributed by atoms with van der Waals surface area (Å²) >= 11 is 3.94. The van der Waals surface area contributed by atoms with Crippen LogP contribution in [0.4, 0.5) is 10.5 Å². The fraction of sp³-hybridized carbons (Fsp3) is 0.467. The van der Waals surface area contributed by atoms with Crippen molar-refractivity contribution in [3.8, 4) is 0 Å². The van der Waals surface area contributed by atoms with Crippen molar-refractivity contribution < 1.29 is 29.1 Å². The van der Waals surface area contributed by atoms with Gasteiger partial charge in [0.2, 0.25) is 0 Å². The van der Waals surface area contributed by atoms with E-state index in [9.17, 15) is 19.7 Å². The van der Waals surface area contributed by atoms with Gasteiger partial charge < -0.3 is 14.6 Å². The van der Waals surface area contributed by atoms with Gasteiger partial charge in [-0.2, -0.15) is 12.6 Å². The van der Waals surface area contributed by atoms with Crippen molar-refractivity contribution in [1.29, 1.82) is 0 Å². The summed E-state index contributed by atoms with van der Waals surface area (Å²) in [6.45, 7) is 1.74. The highest BCUT2D eigenvalue weighted by Gasteiger charge is 2.23. The zero-order valence-corrected chi connectivity index (χ0v) is 14.5. The van der Waals surface area contributed by atoms with Crippen LogP contribution in [0.25, 0.3) is 0 Å². The lowest BCUT2D eigenvalue weighted by atomic mass is 10.2. The molecule has 0 aliphatic rings. The topological polar surface area (TPSA) is 128 Å². The van der Waals surface area contributed by atoms with E-state index in [0.717, 1.165) is 0 Å². The van der Waals surface area contributed by atoms with E-state index >= 15 is 0 Å². The fourth-order valence-electron chi connectivity index (χ4n) is 1.87. The van der Waals surface area contributed by atoms with Crippen LogP contribution >= 0.6 is 12.6 Å². The van der Waals surface area contributed by atoms with Crippen LogP contribution in [0.5, 0.6) is 0 Å². The summed E-state index contributed by atoms with van der Waals surface area (Å²) in [4.78, 5) is 32.8.